The molecule has 1 saturated heterocycles. The molecule has 2 rings (SSSR count). The van der Waals surface area contributed by atoms with E-state index in [4.69, 9.17) is 9.57 Å². The van der Waals surface area contributed by atoms with Crippen LogP contribution in [0, 0.1) is 0 Å². The lowest BCUT2D eigenvalue weighted by molar-refractivity contribution is -0.295. The van der Waals surface area contributed by atoms with E-state index in [1.807, 2.05) is 23.3 Å². The normalized spacial score (nSPS) is 20.4. The van der Waals surface area contributed by atoms with Crippen molar-refractivity contribution in [2.75, 3.05) is 13.7 Å². The SMILES string of the molecule is COC(=O)CCON1C(C)(C)CC(OCc2ccccc2)CC1(C)C. The van der Waals surface area contributed by atoms with E-state index in [-0.39, 0.29) is 29.6 Å². The predicted octanol–water partition coefficient (Wildman–Crippen LogP) is 3.72. The molecule has 1 fully saturated rings. The molecular formula is C20H31NO4. The first kappa shape index (κ1) is 19.9. The molecule has 25 heavy (non-hydrogen) atoms. The van der Waals surface area contributed by atoms with Crippen molar-refractivity contribution >= 4 is 5.97 Å². The standard InChI is InChI=1S/C20H31NO4/c1-19(2)13-17(24-15-16-9-7-6-8-10-16)14-20(3,4)21(19)25-12-11-18(22)23-5/h6-10,17H,11-15H2,1-5H3. The number of hydrogen-bond acceptors (Lipinski definition) is 5. The number of nitrogens with zero attached hydrogens (tertiary/aromatic N) is 1. The van der Waals surface area contributed by atoms with E-state index in [1.165, 1.54) is 12.7 Å². The number of methoxy groups -OCH3 is 1. The number of piperidine rings is 1. The molecule has 1 aromatic rings. The van der Waals surface area contributed by atoms with Crippen molar-refractivity contribution < 1.29 is 19.1 Å². The number of hydrogen-bond donors (Lipinski definition) is 0. The van der Waals surface area contributed by atoms with Gasteiger partial charge in [0.15, 0.2) is 0 Å². The fourth-order valence-corrected chi connectivity index (χ4v) is 3.75. The maximum atomic E-state index is 11.3. The molecule has 1 aromatic carbocycles. The molecule has 1 aliphatic rings. The average molecular weight is 349 g/mol. The van der Waals surface area contributed by atoms with E-state index in [1.54, 1.807) is 0 Å². The first-order valence-corrected chi connectivity index (χ1v) is 8.90. The molecule has 0 atom stereocenters. The van der Waals surface area contributed by atoms with Gasteiger partial charge in [-0.2, -0.15) is 5.06 Å². The van der Waals surface area contributed by atoms with Gasteiger partial charge in [0.05, 0.1) is 32.8 Å². The highest BCUT2D eigenvalue weighted by Gasteiger charge is 2.47. The van der Waals surface area contributed by atoms with Gasteiger partial charge < -0.3 is 9.47 Å². The van der Waals surface area contributed by atoms with Gasteiger partial charge >= 0.3 is 5.97 Å². The van der Waals surface area contributed by atoms with Crippen molar-refractivity contribution in [1.82, 2.24) is 5.06 Å². The molecular weight excluding hydrogens is 318 g/mol. The fourth-order valence-electron chi connectivity index (χ4n) is 3.75. The van der Waals surface area contributed by atoms with Crippen LogP contribution >= 0.6 is 0 Å². The smallest absolute Gasteiger partial charge is 0.307 e. The van der Waals surface area contributed by atoms with Crippen molar-refractivity contribution in [3.8, 4) is 0 Å². The molecule has 0 saturated carbocycles. The minimum Gasteiger partial charge on any atom is -0.469 e. The second-order valence-corrected chi connectivity index (χ2v) is 7.91. The summed E-state index contributed by atoms with van der Waals surface area (Å²) >= 11 is 0. The van der Waals surface area contributed by atoms with E-state index in [2.05, 4.69) is 44.6 Å². The Hall–Kier alpha value is -1.43. The third-order valence-corrected chi connectivity index (χ3v) is 4.64. The van der Waals surface area contributed by atoms with Crippen LogP contribution in [0.2, 0.25) is 0 Å². The Morgan fingerprint density at radius 2 is 1.72 bits per heavy atom. The van der Waals surface area contributed by atoms with Crippen LogP contribution in [-0.4, -0.2) is 41.9 Å². The van der Waals surface area contributed by atoms with Gasteiger partial charge in [-0.3, -0.25) is 9.63 Å². The Labute approximate surface area is 151 Å². The van der Waals surface area contributed by atoms with E-state index in [9.17, 15) is 4.79 Å². The van der Waals surface area contributed by atoms with Crippen LogP contribution < -0.4 is 0 Å². The Morgan fingerprint density at radius 3 is 2.28 bits per heavy atom. The lowest BCUT2D eigenvalue weighted by Gasteiger charge is -2.53. The van der Waals surface area contributed by atoms with E-state index >= 15 is 0 Å². The van der Waals surface area contributed by atoms with Crippen molar-refractivity contribution in [2.24, 2.45) is 0 Å². The summed E-state index contributed by atoms with van der Waals surface area (Å²) in [5, 5.41) is 2.03. The van der Waals surface area contributed by atoms with Crippen LogP contribution in [0.3, 0.4) is 0 Å². The topological polar surface area (TPSA) is 48.0 Å². The minimum atomic E-state index is -0.253. The van der Waals surface area contributed by atoms with Crippen LogP contribution in [0.5, 0.6) is 0 Å². The fraction of sp³-hybridized carbons (Fsp3) is 0.650. The third-order valence-electron chi connectivity index (χ3n) is 4.64. The molecule has 0 N–H and O–H groups in total. The summed E-state index contributed by atoms with van der Waals surface area (Å²) in [5.41, 5.74) is 0.827. The maximum Gasteiger partial charge on any atom is 0.307 e. The zero-order valence-corrected chi connectivity index (χ0v) is 16.1. The lowest BCUT2D eigenvalue weighted by atomic mass is 9.80. The number of rotatable bonds is 7. The van der Waals surface area contributed by atoms with Crippen molar-refractivity contribution in [3.63, 3.8) is 0 Å². The highest BCUT2D eigenvalue weighted by molar-refractivity contribution is 5.69. The Kier molecular flexibility index (Phi) is 6.60. The summed E-state index contributed by atoms with van der Waals surface area (Å²) in [6, 6.07) is 10.2. The zero-order valence-electron chi connectivity index (χ0n) is 16.1. The quantitative estimate of drug-likeness (QED) is 0.702. The molecule has 0 radical (unpaired) electrons. The molecule has 0 unspecified atom stereocenters. The number of hydroxylamine groups is 2. The van der Waals surface area contributed by atoms with Crippen molar-refractivity contribution in [3.05, 3.63) is 35.9 Å². The average Bonchev–Trinajstić information content (AvgIpc) is 2.55. The van der Waals surface area contributed by atoms with Gasteiger partial charge in [-0.1, -0.05) is 30.3 Å². The number of benzene rings is 1. The van der Waals surface area contributed by atoms with Crippen LogP contribution in [-0.2, 0) is 25.7 Å². The van der Waals surface area contributed by atoms with E-state index in [0.717, 1.165) is 12.8 Å². The maximum absolute atomic E-state index is 11.3. The van der Waals surface area contributed by atoms with E-state index in [0.29, 0.717) is 13.2 Å². The summed E-state index contributed by atoms with van der Waals surface area (Å²) in [7, 11) is 1.39. The minimum absolute atomic E-state index is 0.172. The van der Waals surface area contributed by atoms with Crippen LogP contribution in [0.4, 0.5) is 0 Å². The summed E-state index contributed by atoms with van der Waals surface area (Å²) in [6.07, 6.45) is 2.18. The van der Waals surface area contributed by atoms with Gasteiger partial charge in [0.2, 0.25) is 0 Å². The Balaban J connectivity index is 1.94. The van der Waals surface area contributed by atoms with E-state index < -0.39 is 0 Å². The first-order valence-electron chi connectivity index (χ1n) is 8.90. The molecule has 0 aliphatic carbocycles. The number of carbonyl (C=O) groups excluding carboxylic acids is 1. The Bertz CT molecular complexity index is 538. The second kappa shape index (κ2) is 8.30. The van der Waals surface area contributed by atoms with Crippen LogP contribution in [0.15, 0.2) is 30.3 Å². The molecule has 140 valence electrons. The van der Waals surface area contributed by atoms with Gasteiger partial charge in [-0.15, -0.1) is 0 Å². The number of carbonyl (C=O) groups is 1. The summed E-state index contributed by atoms with van der Waals surface area (Å²) in [4.78, 5) is 17.3. The first-order chi connectivity index (χ1) is 11.7. The lowest BCUT2D eigenvalue weighted by Crippen LogP contribution is -2.61. The van der Waals surface area contributed by atoms with Crippen molar-refractivity contribution in [2.45, 2.75) is 70.7 Å². The molecule has 0 bridgehead atoms. The predicted molar refractivity (Wildman–Crippen MR) is 96.8 cm³/mol. The van der Waals surface area contributed by atoms with Crippen molar-refractivity contribution in [1.29, 1.82) is 0 Å². The summed E-state index contributed by atoms with van der Waals surface area (Å²) in [6.45, 7) is 9.58. The van der Waals surface area contributed by atoms with Crippen LogP contribution in [0.25, 0.3) is 0 Å². The highest BCUT2D eigenvalue weighted by Crippen LogP contribution is 2.40. The van der Waals surface area contributed by atoms with Gasteiger partial charge in [-0.05, 0) is 46.1 Å². The molecule has 0 spiro atoms. The zero-order chi connectivity index (χ0) is 18.5. The van der Waals surface area contributed by atoms with Crippen LogP contribution in [0.1, 0.15) is 52.5 Å². The second-order valence-electron chi connectivity index (χ2n) is 7.91. The molecule has 5 nitrogen and oxygen atoms in total. The summed E-state index contributed by atoms with van der Waals surface area (Å²) < 4.78 is 10.9. The molecule has 5 heteroatoms. The molecule has 0 amide bonds. The number of ether oxygens (including phenoxy) is 2. The molecule has 0 aromatic heterocycles. The van der Waals surface area contributed by atoms with Gasteiger partial charge in [0, 0.05) is 11.1 Å². The molecule has 1 heterocycles. The summed E-state index contributed by atoms with van der Waals surface area (Å²) in [5.74, 6) is -0.253. The monoisotopic (exact) mass is 349 g/mol. The molecule has 1 aliphatic heterocycles. The number of esters is 1. The highest BCUT2D eigenvalue weighted by atomic mass is 16.7. The largest absolute Gasteiger partial charge is 0.469 e. The third kappa shape index (κ3) is 5.53. The van der Waals surface area contributed by atoms with Gasteiger partial charge in [0.1, 0.15) is 0 Å². The van der Waals surface area contributed by atoms with Gasteiger partial charge in [-0.25, -0.2) is 0 Å². The Morgan fingerprint density at radius 1 is 1.12 bits per heavy atom. The van der Waals surface area contributed by atoms with Gasteiger partial charge in [0.25, 0.3) is 0 Å².